The third-order valence-corrected chi connectivity index (χ3v) is 7.50. The number of piperidine rings is 1. The number of unbranched alkanes of at least 4 members (excludes halogenated alkanes) is 1. The Labute approximate surface area is 217 Å². The Morgan fingerprint density at radius 1 is 0.886 bits per heavy atom. The van der Waals surface area contributed by atoms with Crippen molar-refractivity contribution in [3.8, 4) is 0 Å². The van der Waals surface area contributed by atoms with Crippen molar-refractivity contribution in [3.05, 3.63) is 23.8 Å². The molecule has 0 atom stereocenters. The first-order valence-electron chi connectivity index (χ1n) is 11.9. The standard InChI is InChI=1S/C24H33F3N4O2.2ClH/c25-24(26,27)19-15-18(5-6-20(19)28)30-13-11-29(12-14-30)9-3-4-10-31-21(32)16-23(17-22(31)33)7-1-2-8-23;;/h5-6,15H,1-4,7-14,16-17,28H2;2*1H. The van der Waals surface area contributed by atoms with Crippen molar-refractivity contribution in [3.63, 3.8) is 0 Å². The van der Waals surface area contributed by atoms with Crippen LogP contribution in [-0.4, -0.2) is 60.9 Å². The molecule has 2 saturated heterocycles. The average molecular weight is 539 g/mol. The van der Waals surface area contributed by atoms with Crippen molar-refractivity contribution >= 4 is 48.0 Å². The summed E-state index contributed by atoms with van der Waals surface area (Å²) in [5, 5.41) is 0. The molecule has 3 aliphatic rings. The molecule has 0 aromatic heterocycles. The number of rotatable bonds is 6. The summed E-state index contributed by atoms with van der Waals surface area (Å²) in [4.78, 5) is 30.8. The predicted octanol–water partition coefficient (Wildman–Crippen LogP) is 4.74. The average Bonchev–Trinajstić information content (AvgIpc) is 3.20. The molecule has 2 aliphatic heterocycles. The zero-order valence-electron chi connectivity index (χ0n) is 19.8. The van der Waals surface area contributed by atoms with Gasteiger partial charge in [0.15, 0.2) is 0 Å². The second-order valence-electron chi connectivity index (χ2n) is 9.80. The maximum Gasteiger partial charge on any atom is 0.418 e. The van der Waals surface area contributed by atoms with Gasteiger partial charge in [-0.1, -0.05) is 12.8 Å². The number of amides is 2. The second kappa shape index (κ2) is 12.0. The molecule has 3 fully saturated rings. The number of piperazine rings is 1. The van der Waals surface area contributed by atoms with Gasteiger partial charge in [0.05, 0.1) is 5.56 Å². The van der Waals surface area contributed by atoms with Gasteiger partial charge in [-0.15, -0.1) is 24.8 Å². The molecular formula is C24H35Cl2F3N4O2. The van der Waals surface area contributed by atoms with Crippen molar-refractivity contribution in [1.29, 1.82) is 0 Å². The van der Waals surface area contributed by atoms with Gasteiger partial charge in [-0.25, -0.2) is 0 Å². The normalized spacial score (nSPS) is 20.7. The lowest BCUT2D eigenvalue weighted by Crippen LogP contribution is -2.48. The second-order valence-corrected chi connectivity index (χ2v) is 9.80. The Hall–Kier alpha value is -1.71. The topological polar surface area (TPSA) is 69.9 Å². The van der Waals surface area contributed by atoms with Crippen LogP contribution in [0.5, 0.6) is 0 Å². The summed E-state index contributed by atoms with van der Waals surface area (Å²) >= 11 is 0. The molecule has 198 valence electrons. The fourth-order valence-electron chi connectivity index (χ4n) is 5.58. The van der Waals surface area contributed by atoms with E-state index < -0.39 is 11.7 Å². The summed E-state index contributed by atoms with van der Waals surface area (Å²) in [5.74, 6) is -0.0213. The minimum atomic E-state index is -4.46. The van der Waals surface area contributed by atoms with Crippen molar-refractivity contribution < 1.29 is 22.8 Å². The van der Waals surface area contributed by atoms with E-state index in [2.05, 4.69) is 4.90 Å². The van der Waals surface area contributed by atoms with E-state index in [1.807, 2.05) is 4.90 Å². The number of anilines is 2. The molecule has 2 N–H and O–H groups in total. The maximum atomic E-state index is 13.1. The van der Waals surface area contributed by atoms with Gasteiger partial charge in [0.1, 0.15) is 0 Å². The minimum absolute atomic E-state index is 0. The van der Waals surface area contributed by atoms with Crippen LogP contribution in [-0.2, 0) is 15.8 Å². The molecule has 1 aromatic carbocycles. The third kappa shape index (κ3) is 6.95. The molecule has 6 nitrogen and oxygen atoms in total. The first-order chi connectivity index (χ1) is 15.7. The highest BCUT2D eigenvalue weighted by Gasteiger charge is 2.44. The number of hydrogen-bond donors (Lipinski definition) is 1. The highest BCUT2D eigenvalue weighted by atomic mass is 35.5. The molecule has 1 aromatic rings. The van der Waals surface area contributed by atoms with Crippen LogP contribution in [0.4, 0.5) is 24.5 Å². The van der Waals surface area contributed by atoms with Gasteiger partial charge in [0.25, 0.3) is 0 Å². The summed E-state index contributed by atoms with van der Waals surface area (Å²) in [6, 6.07) is 4.10. The Bertz CT molecular complexity index is 866. The fraction of sp³-hybridized carbons (Fsp3) is 0.667. The molecule has 35 heavy (non-hydrogen) atoms. The lowest BCUT2D eigenvalue weighted by molar-refractivity contribution is -0.153. The number of nitrogens with two attached hydrogens (primary N) is 1. The molecule has 2 amide bonds. The van der Waals surface area contributed by atoms with Crippen LogP contribution in [0.25, 0.3) is 0 Å². The quantitative estimate of drug-likeness (QED) is 0.321. The number of nitrogen functional groups attached to an aromatic ring is 1. The van der Waals surface area contributed by atoms with E-state index in [0.29, 0.717) is 38.2 Å². The van der Waals surface area contributed by atoms with Crippen molar-refractivity contribution in [1.82, 2.24) is 9.80 Å². The lowest BCUT2D eigenvalue weighted by Gasteiger charge is -2.38. The summed E-state index contributed by atoms with van der Waals surface area (Å²) in [5.41, 5.74) is 4.94. The van der Waals surface area contributed by atoms with E-state index in [-0.39, 0.29) is 47.7 Å². The van der Waals surface area contributed by atoms with E-state index in [4.69, 9.17) is 5.73 Å². The first kappa shape index (κ1) is 29.5. The van der Waals surface area contributed by atoms with Gasteiger partial charge in [-0.3, -0.25) is 19.4 Å². The van der Waals surface area contributed by atoms with Gasteiger partial charge in [-0.2, -0.15) is 13.2 Å². The fourth-order valence-corrected chi connectivity index (χ4v) is 5.58. The predicted molar refractivity (Wildman–Crippen MR) is 135 cm³/mol. The molecule has 0 bridgehead atoms. The largest absolute Gasteiger partial charge is 0.418 e. The van der Waals surface area contributed by atoms with Crippen molar-refractivity contribution in [2.24, 2.45) is 5.41 Å². The number of nitrogens with zero attached hydrogens (tertiary/aromatic N) is 3. The number of halogens is 5. The zero-order valence-corrected chi connectivity index (χ0v) is 21.5. The van der Waals surface area contributed by atoms with Crippen LogP contribution >= 0.6 is 24.8 Å². The molecule has 2 heterocycles. The van der Waals surface area contributed by atoms with E-state index in [1.165, 1.54) is 11.0 Å². The molecule has 11 heteroatoms. The molecule has 1 spiro atoms. The van der Waals surface area contributed by atoms with E-state index in [1.54, 1.807) is 6.07 Å². The van der Waals surface area contributed by atoms with Gasteiger partial charge in [0, 0.05) is 56.9 Å². The Balaban J connectivity index is 0.00000216. The van der Waals surface area contributed by atoms with Crippen molar-refractivity contribution in [2.75, 3.05) is 49.9 Å². The molecule has 1 aliphatic carbocycles. The van der Waals surface area contributed by atoms with Crippen LogP contribution in [0.1, 0.15) is 56.9 Å². The Morgan fingerprint density at radius 3 is 2.03 bits per heavy atom. The lowest BCUT2D eigenvalue weighted by atomic mass is 9.76. The smallest absolute Gasteiger partial charge is 0.398 e. The highest BCUT2D eigenvalue weighted by molar-refractivity contribution is 5.98. The van der Waals surface area contributed by atoms with Crippen molar-refractivity contribution in [2.45, 2.75) is 57.5 Å². The maximum absolute atomic E-state index is 13.1. The van der Waals surface area contributed by atoms with Gasteiger partial charge in [-0.05, 0) is 55.8 Å². The number of benzene rings is 1. The number of carbonyl (C=O) groups excluding carboxylic acids is 2. The van der Waals surface area contributed by atoms with E-state index >= 15 is 0 Å². The van der Waals surface area contributed by atoms with Crippen LogP contribution in [0.3, 0.4) is 0 Å². The number of likely N-dealkylation sites (tertiary alicyclic amines) is 1. The number of alkyl halides is 3. The minimum Gasteiger partial charge on any atom is -0.398 e. The SMILES string of the molecule is Cl.Cl.Nc1ccc(N2CCN(CCCCN3C(=O)CC4(CCCC4)CC3=O)CC2)cc1C(F)(F)F. The van der Waals surface area contributed by atoms with Crippen LogP contribution in [0.15, 0.2) is 18.2 Å². The molecular weight excluding hydrogens is 504 g/mol. The first-order valence-corrected chi connectivity index (χ1v) is 11.9. The summed E-state index contributed by atoms with van der Waals surface area (Å²) in [6.45, 7) is 4.15. The number of carbonyl (C=O) groups is 2. The van der Waals surface area contributed by atoms with Gasteiger partial charge in [0.2, 0.25) is 11.8 Å². The summed E-state index contributed by atoms with van der Waals surface area (Å²) in [7, 11) is 0. The zero-order chi connectivity index (χ0) is 23.6. The number of imide groups is 1. The third-order valence-electron chi connectivity index (χ3n) is 7.50. The summed E-state index contributed by atoms with van der Waals surface area (Å²) < 4.78 is 39.4. The van der Waals surface area contributed by atoms with Crippen LogP contribution < -0.4 is 10.6 Å². The van der Waals surface area contributed by atoms with Gasteiger partial charge < -0.3 is 10.6 Å². The monoisotopic (exact) mass is 538 g/mol. The van der Waals surface area contributed by atoms with Crippen LogP contribution in [0.2, 0.25) is 0 Å². The van der Waals surface area contributed by atoms with E-state index in [9.17, 15) is 22.8 Å². The van der Waals surface area contributed by atoms with E-state index in [0.717, 1.165) is 64.2 Å². The Kier molecular flexibility index (Phi) is 10.1. The summed E-state index contributed by atoms with van der Waals surface area (Å²) in [6.07, 6.45) is 2.46. The Morgan fingerprint density at radius 2 is 1.46 bits per heavy atom. The molecule has 4 rings (SSSR count). The molecule has 0 unspecified atom stereocenters. The number of hydrogen-bond acceptors (Lipinski definition) is 5. The van der Waals surface area contributed by atoms with Crippen LogP contribution in [0, 0.1) is 5.41 Å². The molecule has 0 radical (unpaired) electrons. The van der Waals surface area contributed by atoms with Gasteiger partial charge >= 0.3 is 6.18 Å². The highest BCUT2D eigenvalue weighted by Crippen LogP contribution is 2.47. The molecule has 1 saturated carbocycles.